The van der Waals surface area contributed by atoms with Gasteiger partial charge in [0.05, 0.1) is 16.8 Å². The molecule has 1 aromatic heterocycles. The normalized spacial score (nSPS) is 10.6. The van der Waals surface area contributed by atoms with E-state index in [1.807, 2.05) is 42.5 Å². The van der Waals surface area contributed by atoms with Gasteiger partial charge in [0, 0.05) is 0 Å². The first-order valence-electron chi connectivity index (χ1n) is 6.14. The number of hydrogen-bond acceptors (Lipinski definition) is 4. The van der Waals surface area contributed by atoms with Gasteiger partial charge in [-0.05, 0) is 24.3 Å². The number of ether oxygens (including phenoxy) is 1. The van der Waals surface area contributed by atoms with E-state index in [9.17, 15) is 4.79 Å². The molecule has 100 valence electrons. The lowest BCUT2D eigenvalue weighted by molar-refractivity contribution is -0.131. The van der Waals surface area contributed by atoms with Crippen molar-refractivity contribution in [2.45, 2.75) is 5.16 Å². The molecule has 4 nitrogen and oxygen atoms in total. The molecule has 1 heterocycles. The minimum absolute atomic E-state index is 0.217. The number of hydrogen-bond donors (Lipinski definition) is 1. The molecule has 0 saturated carbocycles. The summed E-state index contributed by atoms with van der Waals surface area (Å²) in [4.78, 5) is 19.3. The summed E-state index contributed by atoms with van der Waals surface area (Å²) in [5.74, 6) is 0.485. The van der Waals surface area contributed by atoms with Crippen LogP contribution in [0.4, 0.5) is 0 Å². The van der Waals surface area contributed by atoms with Gasteiger partial charge in [-0.15, -0.1) is 0 Å². The molecule has 0 amide bonds. The second-order valence-electron chi connectivity index (χ2n) is 4.13. The second kappa shape index (κ2) is 5.79. The molecule has 0 saturated heterocycles. The van der Waals surface area contributed by atoms with Gasteiger partial charge in [0.2, 0.25) is 0 Å². The third-order valence-corrected chi connectivity index (χ3v) is 3.52. The fourth-order valence-electron chi connectivity index (χ4n) is 1.77. The van der Waals surface area contributed by atoms with Crippen LogP contribution in [0.2, 0.25) is 0 Å². The van der Waals surface area contributed by atoms with Gasteiger partial charge in [-0.2, -0.15) is 0 Å². The first kappa shape index (κ1) is 12.7. The number of esters is 1. The molecular formula is C15H12N2O2S. The van der Waals surface area contributed by atoms with E-state index >= 15 is 0 Å². The Morgan fingerprint density at radius 2 is 1.85 bits per heavy atom. The van der Waals surface area contributed by atoms with Gasteiger partial charge in [-0.25, -0.2) is 4.98 Å². The topological polar surface area (TPSA) is 55.0 Å². The first-order chi connectivity index (χ1) is 9.81. The van der Waals surface area contributed by atoms with Crippen LogP contribution in [0.3, 0.4) is 0 Å². The molecule has 3 aromatic rings. The highest BCUT2D eigenvalue weighted by atomic mass is 32.2. The predicted octanol–water partition coefficient (Wildman–Crippen LogP) is 3.26. The highest BCUT2D eigenvalue weighted by Crippen LogP contribution is 2.19. The van der Waals surface area contributed by atoms with Crippen LogP contribution in [0, 0.1) is 0 Å². The van der Waals surface area contributed by atoms with Crippen LogP contribution in [0.25, 0.3) is 11.0 Å². The summed E-state index contributed by atoms with van der Waals surface area (Å²) < 4.78 is 5.21. The lowest BCUT2D eigenvalue weighted by Crippen LogP contribution is -2.10. The van der Waals surface area contributed by atoms with Gasteiger partial charge in [0.1, 0.15) is 5.75 Å². The van der Waals surface area contributed by atoms with Crippen LogP contribution in [0.15, 0.2) is 59.8 Å². The van der Waals surface area contributed by atoms with Crippen molar-refractivity contribution < 1.29 is 9.53 Å². The molecular weight excluding hydrogens is 272 g/mol. The quantitative estimate of drug-likeness (QED) is 0.454. The van der Waals surface area contributed by atoms with E-state index in [1.54, 1.807) is 12.1 Å². The maximum atomic E-state index is 11.7. The summed E-state index contributed by atoms with van der Waals surface area (Å²) in [7, 11) is 0. The Morgan fingerprint density at radius 1 is 1.10 bits per heavy atom. The van der Waals surface area contributed by atoms with Crippen molar-refractivity contribution in [2.75, 3.05) is 5.75 Å². The van der Waals surface area contributed by atoms with Crippen LogP contribution in [0.1, 0.15) is 0 Å². The van der Waals surface area contributed by atoms with Crippen LogP contribution >= 0.6 is 11.8 Å². The summed E-state index contributed by atoms with van der Waals surface area (Å²) in [6, 6.07) is 16.8. The van der Waals surface area contributed by atoms with Crippen molar-refractivity contribution in [3.63, 3.8) is 0 Å². The fraction of sp³-hybridized carbons (Fsp3) is 0.0667. The zero-order valence-corrected chi connectivity index (χ0v) is 11.4. The van der Waals surface area contributed by atoms with Crippen molar-refractivity contribution >= 4 is 28.8 Å². The summed E-state index contributed by atoms with van der Waals surface area (Å²) in [5, 5.41) is 0.719. The largest absolute Gasteiger partial charge is 0.426 e. The van der Waals surface area contributed by atoms with Gasteiger partial charge in [0.15, 0.2) is 5.16 Å². The maximum absolute atomic E-state index is 11.7. The van der Waals surface area contributed by atoms with Crippen LogP contribution < -0.4 is 4.74 Å². The van der Waals surface area contributed by atoms with Crippen molar-refractivity contribution in [1.29, 1.82) is 0 Å². The summed E-state index contributed by atoms with van der Waals surface area (Å²) in [6.07, 6.45) is 0. The molecule has 1 N–H and O–H groups in total. The summed E-state index contributed by atoms with van der Waals surface area (Å²) in [5.41, 5.74) is 1.86. The summed E-state index contributed by atoms with van der Waals surface area (Å²) >= 11 is 1.33. The number of nitrogens with one attached hydrogen (secondary N) is 1. The number of aromatic amines is 1. The van der Waals surface area contributed by atoms with Gasteiger partial charge < -0.3 is 9.72 Å². The van der Waals surface area contributed by atoms with Gasteiger partial charge in [-0.3, -0.25) is 4.79 Å². The Balaban J connectivity index is 1.60. The number of fused-ring (bicyclic) bond motifs is 1. The molecule has 0 bridgehead atoms. The first-order valence-corrected chi connectivity index (χ1v) is 7.13. The van der Waals surface area contributed by atoms with Crippen molar-refractivity contribution in [2.24, 2.45) is 0 Å². The molecule has 20 heavy (non-hydrogen) atoms. The minimum Gasteiger partial charge on any atom is -0.426 e. The monoisotopic (exact) mass is 284 g/mol. The highest BCUT2D eigenvalue weighted by Gasteiger charge is 2.08. The second-order valence-corrected chi connectivity index (χ2v) is 5.10. The number of aromatic nitrogens is 2. The van der Waals surface area contributed by atoms with Crippen LogP contribution in [0.5, 0.6) is 5.75 Å². The van der Waals surface area contributed by atoms with Crippen LogP contribution in [-0.2, 0) is 4.79 Å². The number of benzene rings is 2. The standard InChI is InChI=1S/C15H12N2O2S/c18-14(19-11-6-2-1-3-7-11)10-20-15-16-12-8-4-5-9-13(12)17-15/h1-9H,10H2,(H,16,17). The Morgan fingerprint density at radius 3 is 2.65 bits per heavy atom. The smallest absolute Gasteiger partial charge is 0.321 e. The lowest BCUT2D eigenvalue weighted by Gasteiger charge is -2.02. The molecule has 0 aliphatic rings. The number of carbonyl (C=O) groups is 1. The number of para-hydroxylation sites is 3. The Hall–Kier alpha value is -2.27. The zero-order chi connectivity index (χ0) is 13.8. The van der Waals surface area contributed by atoms with E-state index in [1.165, 1.54) is 11.8 Å². The Kier molecular flexibility index (Phi) is 3.69. The van der Waals surface area contributed by atoms with E-state index in [0.29, 0.717) is 5.75 Å². The van der Waals surface area contributed by atoms with Gasteiger partial charge in [-0.1, -0.05) is 42.1 Å². The molecule has 5 heteroatoms. The highest BCUT2D eigenvalue weighted by molar-refractivity contribution is 7.99. The molecule has 0 radical (unpaired) electrons. The van der Waals surface area contributed by atoms with E-state index in [2.05, 4.69) is 9.97 Å². The zero-order valence-electron chi connectivity index (χ0n) is 10.6. The number of H-pyrrole nitrogens is 1. The van der Waals surface area contributed by atoms with E-state index < -0.39 is 0 Å². The molecule has 0 fully saturated rings. The van der Waals surface area contributed by atoms with Gasteiger partial charge in [0.25, 0.3) is 0 Å². The van der Waals surface area contributed by atoms with Crippen molar-refractivity contribution in [3.8, 4) is 5.75 Å². The molecule has 2 aromatic carbocycles. The molecule has 0 spiro atoms. The number of carbonyl (C=O) groups excluding carboxylic acids is 1. The number of thioether (sulfide) groups is 1. The van der Waals surface area contributed by atoms with E-state index in [-0.39, 0.29) is 11.7 Å². The lowest BCUT2D eigenvalue weighted by atomic mass is 10.3. The van der Waals surface area contributed by atoms with Crippen molar-refractivity contribution in [1.82, 2.24) is 9.97 Å². The third-order valence-electron chi connectivity index (χ3n) is 2.67. The SMILES string of the molecule is O=C(CSc1nc2ccccc2[nH]1)Oc1ccccc1. The molecule has 3 rings (SSSR count). The minimum atomic E-state index is -0.290. The number of nitrogens with zero attached hydrogens (tertiary/aromatic N) is 1. The van der Waals surface area contributed by atoms with Crippen LogP contribution in [-0.4, -0.2) is 21.7 Å². The molecule has 0 unspecified atom stereocenters. The Bertz CT molecular complexity index is 692. The molecule has 0 aliphatic heterocycles. The molecule has 0 aliphatic carbocycles. The number of imidazole rings is 1. The average Bonchev–Trinajstić information content (AvgIpc) is 2.89. The molecule has 0 atom stereocenters. The third kappa shape index (κ3) is 3.00. The number of rotatable bonds is 4. The fourth-order valence-corrected chi connectivity index (χ4v) is 2.43. The predicted molar refractivity (Wildman–Crippen MR) is 78.9 cm³/mol. The summed E-state index contributed by atoms with van der Waals surface area (Å²) in [6.45, 7) is 0. The Labute approximate surface area is 120 Å². The van der Waals surface area contributed by atoms with E-state index in [0.717, 1.165) is 16.2 Å². The van der Waals surface area contributed by atoms with E-state index in [4.69, 9.17) is 4.74 Å². The van der Waals surface area contributed by atoms with Crippen molar-refractivity contribution in [3.05, 3.63) is 54.6 Å². The van der Waals surface area contributed by atoms with Gasteiger partial charge >= 0.3 is 5.97 Å². The average molecular weight is 284 g/mol. The maximum Gasteiger partial charge on any atom is 0.321 e.